The predicted molar refractivity (Wildman–Crippen MR) is 71.4 cm³/mol. The van der Waals surface area contributed by atoms with Gasteiger partial charge in [0.1, 0.15) is 0 Å². The van der Waals surface area contributed by atoms with Crippen molar-refractivity contribution in [3.05, 3.63) is 21.9 Å². The Bertz CT molecular complexity index is 483. The fourth-order valence-electron chi connectivity index (χ4n) is 1.76. The molecule has 1 aromatic heterocycles. The molecule has 1 aliphatic rings. The number of amides is 1. The quantitative estimate of drug-likeness (QED) is 0.785. The van der Waals surface area contributed by atoms with Gasteiger partial charge in [-0.15, -0.1) is 11.3 Å². The van der Waals surface area contributed by atoms with Crippen molar-refractivity contribution in [3.63, 3.8) is 0 Å². The molecule has 4 nitrogen and oxygen atoms in total. The Morgan fingerprint density at radius 3 is 3.00 bits per heavy atom. The van der Waals surface area contributed by atoms with E-state index in [2.05, 4.69) is 11.8 Å². The molecule has 0 atom stereocenters. The molecule has 1 fully saturated rings. The lowest BCUT2D eigenvalue weighted by Crippen LogP contribution is -2.35. The SMILES string of the molecule is NCC#Cc1cc(C(=O)N(CCO)C2CC2)cs1. The molecule has 1 heterocycles. The highest BCUT2D eigenvalue weighted by atomic mass is 32.1. The number of carbonyl (C=O) groups is 1. The second-order valence-corrected chi connectivity index (χ2v) is 5.07. The number of aliphatic hydroxyl groups is 1. The van der Waals surface area contributed by atoms with Crippen LogP contribution >= 0.6 is 11.3 Å². The lowest BCUT2D eigenvalue weighted by atomic mass is 10.2. The van der Waals surface area contributed by atoms with Gasteiger partial charge in [0.05, 0.1) is 23.6 Å². The summed E-state index contributed by atoms with van der Waals surface area (Å²) in [6.07, 6.45) is 2.07. The summed E-state index contributed by atoms with van der Waals surface area (Å²) < 4.78 is 0. The van der Waals surface area contributed by atoms with Crippen molar-refractivity contribution in [2.75, 3.05) is 19.7 Å². The summed E-state index contributed by atoms with van der Waals surface area (Å²) >= 11 is 1.45. The molecule has 3 N–H and O–H groups in total. The topological polar surface area (TPSA) is 66.6 Å². The second-order valence-electron chi connectivity index (χ2n) is 4.16. The molecule has 5 heteroatoms. The first-order valence-electron chi connectivity index (χ1n) is 5.95. The summed E-state index contributed by atoms with van der Waals surface area (Å²) in [6, 6.07) is 2.10. The highest BCUT2D eigenvalue weighted by Gasteiger charge is 2.32. The van der Waals surface area contributed by atoms with Gasteiger partial charge in [0.25, 0.3) is 5.91 Å². The summed E-state index contributed by atoms with van der Waals surface area (Å²) in [4.78, 5) is 14.9. The minimum absolute atomic E-state index is 0.00616. The summed E-state index contributed by atoms with van der Waals surface area (Å²) in [7, 11) is 0. The molecule has 0 aromatic carbocycles. The first-order chi connectivity index (χ1) is 8.76. The number of nitrogens with zero attached hydrogens (tertiary/aromatic N) is 1. The van der Waals surface area contributed by atoms with Gasteiger partial charge in [-0.2, -0.15) is 0 Å². The molecule has 96 valence electrons. The molecule has 1 aliphatic carbocycles. The van der Waals surface area contributed by atoms with Gasteiger partial charge in [0, 0.05) is 18.0 Å². The normalized spacial score (nSPS) is 13.9. The van der Waals surface area contributed by atoms with Crippen LogP contribution in [-0.4, -0.2) is 41.7 Å². The van der Waals surface area contributed by atoms with Crippen molar-refractivity contribution in [2.45, 2.75) is 18.9 Å². The Morgan fingerprint density at radius 1 is 1.61 bits per heavy atom. The van der Waals surface area contributed by atoms with Gasteiger partial charge in [-0.25, -0.2) is 0 Å². The molecule has 1 amide bonds. The highest BCUT2D eigenvalue weighted by molar-refractivity contribution is 7.10. The number of carbonyl (C=O) groups excluding carboxylic acids is 1. The fourth-order valence-corrected chi connectivity index (χ4v) is 2.51. The lowest BCUT2D eigenvalue weighted by molar-refractivity contribution is 0.0708. The number of hydrogen-bond donors (Lipinski definition) is 2. The number of rotatable bonds is 4. The number of nitrogens with two attached hydrogens (primary N) is 1. The van der Waals surface area contributed by atoms with Gasteiger partial charge in [-0.1, -0.05) is 11.8 Å². The van der Waals surface area contributed by atoms with E-state index in [4.69, 9.17) is 10.8 Å². The third kappa shape index (κ3) is 3.10. The van der Waals surface area contributed by atoms with Crippen LogP contribution in [-0.2, 0) is 0 Å². The Kier molecular flexibility index (Phi) is 4.37. The van der Waals surface area contributed by atoms with Crippen LogP contribution in [0.2, 0.25) is 0 Å². The number of hydrogen-bond acceptors (Lipinski definition) is 4. The summed E-state index contributed by atoms with van der Waals surface area (Å²) in [5.74, 6) is 5.68. The van der Waals surface area contributed by atoms with Gasteiger partial charge in [0.15, 0.2) is 0 Å². The molecule has 0 aliphatic heterocycles. The van der Waals surface area contributed by atoms with Gasteiger partial charge >= 0.3 is 0 Å². The molecule has 18 heavy (non-hydrogen) atoms. The molecule has 1 saturated carbocycles. The van der Waals surface area contributed by atoms with Crippen LogP contribution in [0, 0.1) is 11.8 Å². The predicted octanol–water partition coefficient (Wildman–Crippen LogP) is 0.655. The first-order valence-corrected chi connectivity index (χ1v) is 6.83. The van der Waals surface area contributed by atoms with Crippen LogP contribution < -0.4 is 5.73 Å². The average Bonchev–Trinajstić information content (AvgIpc) is 3.11. The van der Waals surface area contributed by atoms with E-state index < -0.39 is 0 Å². The van der Waals surface area contributed by atoms with E-state index in [1.54, 1.807) is 11.0 Å². The van der Waals surface area contributed by atoms with Crippen molar-refractivity contribution in [3.8, 4) is 11.8 Å². The van der Waals surface area contributed by atoms with E-state index in [0.29, 0.717) is 24.7 Å². The van der Waals surface area contributed by atoms with Gasteiger partial charge in [-0.3, -0.25) is 4.79 Å². The van der Waals surface area contributed by atoms with E-state index >= 15 is 0 Å². The minimum Gasteiger partial charge on any atom is -0.395 e. The van der Waals surface area contributed by atoms with Crippen molar-refractivity contribution in [1.29, 1.82) is 0 Å². The second kappa shape index (κ2) is 6.01. The van der Waals surface area contributed by atoms with Crippen molar-refractivity contribution in [2.24, 2.45) is 5.73 Å². The van der Waals surface area contributed by atoms with Crippen LogP contribution in [0.5, 0.6) is 0 Å². The smallest absolute Gasteiger partial charge is 0.255 e. The molecule has 0 unspecified atom stereocenters. The average molecular weight is 264 g/mol. The molecule has 2 rings (SSSR count). The molecule has 0 radical (unpaired) electrons. The van der Waals surface area contributed by atoms with E-state index in [1.807, 2.05) is 5.38 Å². The third-order valence-corrected chi connectivity index (χ3v) is 3.60. The van der Waals surface area contributed by atoms with Crippen LogP contribution in [0.25, 0.3) is 0 Å². The van der Waals surface area contributed by atoms with Crippen molar-refractivity contribution >= 4 is 17.2 Å². The lowest BCUT2D eigenvalue weighted by Gasteiger charge is -2.20. The molecule has 0 bridgehead atoms. The zero-order valence-electron chi connectivity index (χ0n) is 10.1. The van der Waals surface area contributed by atoms with Gasteiger partial charge in [-0.05, 0) is 18.9 Å². The van der Waals surface area contributed by atoms with Gasteiger partial charge < -0.3 is 15.7 Å². The largest absolute Gasteiger partial charge is 0.395 e. The maximum Gasteiger partial charge on any atom is 0.255 e. The zero-order chi connectivity index (χ0) is 13.0. The number of aliphatic hydroxyl groups excluding tert-OH is 1. The Hall–Kier alpha value is -1.35. The summed E-state index contributed by atoms with van der Waals surface area (Å²) in [6.45, 7) is 0.731. The van der Waals surface area contributed by atoms with E-state index in [-0.39, 0.29) is 12.5 Å². The standard InChI is InChI=1S/C13H16N2O2S/c14-5-1-2-12-8-10(9-18-12)13(17)15(6-7-16)11-3-4-11/h8-9,11,16H,3-7,14H2. The fraction of sp³-hybridized carbons (Fsp3) is 0.462. The van der Waals surface area contributed by atoms with Crippen LogP contribution in [0.4, 0.5) is 0 Å². The molecular weight excluding hydrogens is 248 g/mol. The maximum absolute atomic E-state index is 12.3. The van der Waals surface area contributed by atoms with Crippen LogP contribution in [0.15, 0.2) is 11.4 Å². The molecule has 1 aromatic rings. The van der Waals surface area contributed by atoms with Crippen LogP contribution in [0.1, 0.15) is 28.1 Å². The van der Waals surface area contributed by atoms with Crippen molar-refractivity contribution < 1.29 is 9.90 Å². The molecule has 0 spiro atoms. The van der Waals surface area contributed by atoms with E-state index in [9.17, 15) is 4.79 Å². The molecular formula is C13H16N2O2S. The van der Waals surface area contributed by atoms with Crippen LogP contribution in [0.3, 0.4) is 0 Å². The Morgan fingerprint density at radius 2 is 2.39 bits per heavy atom. The first kappa shape index (κ1) is 13.1. The van der Waals surface area contributed by atoms with E-state index in [1.165, 1.54) is 11.3 Å². The van der Waals surface area contributed by atoms with Gasteiger partial charge in [0.2, 0.25) is 0 Å². The minimum atomic E-state index is -0.0106. The monoisotopic (exact) mass is 264 g/mol. The summed E-state index contributed by atoms with van der Waals surface area (Å²) in [5, 5.41) is 10.8. The van der Waals surface area contributed by atoms with E-state index in [0.717, 1.165) is 17.7 Å². The zero-order valence-corrected chi connectivity index (χ0v) is 10.9. The Labute approximate surface area is 110 Å². The highest BCUT2D eigenvalue weighted by Crippen LogP contribution is 2.28. The maximum atomic E-state index is 12.3. The number of thiophene rings is 1. The summed E-state index contributed by atoms with van der Waals surface area (Å²) in [5.41, 5.74) is 5.96. The molecule has 0 saturated heterocycles. The Balaban J connectivity index is 2.09. The van der Waals surface area contributed by atoms with Crippen molar-refractivity contribution in [1.82, 2.24) is 4.90 Å². The third-order valence-electron chi connectivity index (χ3n) is 2.75.